The van der Waals surface area contributed by atoms with Gasteiger partial charge in [-0.3, -0.25) is 9.59 Å². The van der Waals surface area contributed by atoms with E-state index in [1.807, 2.05) is 11.0 Å². The van der Waals surface area contributed by atoms with Gasteiger partial charge in [0.15, 0.2) is 5.78 Å². The number of hydrogen-bond acceptors (Lipinski definition) is 3. The van der Waals surface area contributed by atoms with E-state index >= 15 is 0 Å². The number of ketones is 1. The first-order valence-electron chi connectivity index (χ1n) is 7.38. The second-order valence-electron chi connectivity index (χ2n) is 6.07. The lowest BCUT2D eigenvalue weighted by Gasteiger charge is -2.20. The third-order valence-corrected chi connectivity index (χ3v) is 4.24. The molecule has 2 rings (SSSR count). The number of carbonyl (C=O) groups is 2. The van der Waals surface area contributed by atoms with Crippen LogP contribution in [0.1, 0.15) is 43.1 Å². The Morgan fingerprint density at radius 1 is 1.43 bits per heavy atom. The second-order valence-corrected chi connectivity index (χ2v) is 6.07. The van der Waals surface area contributed by atoms with Gasteiger partial charge in [-0.05, 0) is 37.0 Å². The maximum Gasteiger partial charge on any atom is 0.223 e. The number of benzene rings is 1. The fourth-order valence-corrected chi connectivity index (χ4v) is 2.73. The highest BCUT2D eigenvalue weighted by Gasteiger charge is 2.31. The topological polar surface area (TPSA) is 46.6 Å². The van der Waals surface area contributed by atoms with E-state index in [1.54, 1.807) is 26.2 Å². The summed E-state index contributed by atoms with van der Waals surface area (Å²) in [6, 6.07) is 5.39. The molecule has 1 atom stereocenters. The van der Waals surface area contributed by atoms with Crippen molar-refractivity contribution in [2.45, 2.75) is 33.7 Å². The molecule has 0 bridgehead atoms. The van der Waals surface area contributed by atoms with E-state index in [9.17, 15) is 9.59 Å². The Bertz CT molecular complexity index is 551. The fraction of sp³-hybridized carbons (Fsp3) is 0.529. The summed E-state index contributed by atoms with van der Waals surface area (Å²) >= 11 is 0. The van der Waals surface area contributed by atoms with Crippen molar-refractivity contribution in [2.75, 3.05) is 13.7 Å². The van der Waals surface area contributed by atoms with E-state index in [0.717, 1.165) is 17.9 Å². The predicted octanol–water partition coefficient (Wildman–Crippen LogP) is 2.90. The molecule has 0 saturated carbocycles. The number of Topliss-reactive ketones (excluding diaryl/α,β-unsaturated/α-hetero) is 1. The Morgan fingerprint density at radius 3 is 2.67 bits per heavy atom. The molecule has 1 aromatic carbocycles. The van der Waals surface area contributed by atoms with Crippen LogP contribution in [0.25, 0.3) is 0 Å². The van der Waals surface area contributed by atoms with Gasteiger partial charge >= 0.3 is 0 Å². The van der Waals surface area contributed by atoms with Gasteiger partial charge in [0.1, 0.15) is 5.75 Å². The van der Waals surface area contributed by atoms with Gasteiger partial charge in [0.25, 0.3) is 0 Å². The van der Waals surface area contributed by atoms with Crippen molar-refractivity contribution >= 4 is 11.7 Å². The molecule has 21 heavy (non-hydrogen) atoms. The zero-order valence-electron chi connectivity index (χ0n) is 13.2. The van der Waals surface area contributed by atoms with Crippen molar-refractivity contribution in [1.82, 2.24) is 4.90 Å². The van der Waals surface area contributed by atoms with Crippen molar-refractivity contribution in [3.63, 3.8) is 0 Å². The summed E-state index contributed by atoms with van der Waals surface area (Å²) in [5.74, 6) is 1.85. The van der Waals surface area contributed by atoms with Crippen LogP contribution >= 0.6 is 0 Å². The normalized spacial score (nSPS) is 18.4. The number of carbonyl (C=O) groups excluding carboxylic acids is 2. The molecule has 0 N–H and O–H groups in total. The van der Waals surface area contributed by atoms with Crippen LogP contribution in [0.15, 0.2) is 18.2 Å². The Morgan fingerprint density at radius 2 is 2.14 bits per heavy atom. The van der Waals surface area contributed by atoms with E-state index in [4.69, 9.17) is 4.74 Å². The number of nitrogens with zero attached hydrogens (tertiary/aromatic N) is 1. The summed E-state index contributed by atoms with van der Waals surface area (Å²) < 4.78 is 5.35. The third-order valence-electron chi connectivity index (χ3n) is 4.24. The number of hydrogen-bond donors (Lipinski definition) is 0. The number of amides is 1. The summed E-state index contributed by atoms with van der Waals surface area (Å²) in [5.41, 5.74) is 1.54. The fourth-order valence-electron chi connectivity index (χ4n) is 2.73. The SMILES string of the molecule is COc1ccc(C(C)=O)cc1CN1CC(C(C)C)CC1=O. The lowest BCUT2D eigenvalue weighted by molar-refractivity contribution is -0.128. The number of methoxy groups -OCH3 is 1. The Hall–Kier alpha value is -1.84. The van der Waals surface area contributed by atoms with Crippen molar-refractivity contribution in [3.05, 3.63) is 29.3 Å². The molecule has 114 valence electrons. The molecule has 1 unspecified atom stereocenters. The molecular formula is C17H23NO3. The summed E-state index contributed by atoms with van der Waals surface area (Å²) in [7, 11) is 1.61. The average molecular weight is 289 g/mol. The Labute approximate surface area is 126 Å². The van der Waals surface area contributed by atoms with Crippen LogP contribution in [-0.2, 0) is 11.3 Å². The quantitative estimate of drug-likeness (QED) is 0.783. The molecule has 0 radical (unpaired) electrons. The van der Waals surface area contributed by atoms with Gasteiger partial charge in [-0.15, -0.1) is 0 Å². The zero-order chi connectivity index (χ0) is 15.6. The van der Waals surface area contributed by atoms with Gasteiger partial charge in [0.2, 0.25) is 5.91 Å². The molecule has 4 heteroatoms. The van der Waals surface area contributed by atoms with Crippen LogP contribution < -0.4 is 4.74 Å². The lowest BCUT2D eigenvalue weighted by Crippen LogP contribution is -2.25. The highest BCUT2D eigenvalue weighted by Crippen LogP contribution is 2.29. The van der Waals surface area contributed by atoms with E-state index < -0.39 is 0 Å². The molecule has 1 saturated heterocycles. The minimum Gasteiger partial charge on any atom is -0.496 e. The first kappa shape index (κ1) is 15.5. The molecule has 1 aliphatic rings. The standard InChI is InChI=1S/C17H23NO3/c1-11(2)14-8-17(20)18(9-14)10-15-7-13(12(3)19)5-6-16(15)21-4/h5-7,11,14H,8-10H2,1-4H3. The highest BCUT2D eigenvalue weighted by atomic mass is 16.5. The number of likely N-dealkylation sites (tertiary alicyclic amines) is 1. The summed E-state index contributed by atoms with van der Waals surface area (Å²) in [6.45, 7) is 7.13. The molecule has 1 heterocycles. The van der Waals surface area contributed by atoms with Crippen LogP contribution in [0.3, 0.4) is 0 Å². The molecule has 0 spiro atoms. The average Bonchev–Trinajstić information content (AvgIpc) is 2.80. The van der Waals surface area contributed by atoms with Gasteiger partial charge < -0.3 is 9.64 Å². The third kappa shape index (κ3) is 3.43. The Balaban J connectivity index is 2.20. The summed E-state index contributed by atoms with van der Waals surface area (Å²) in [4.78, 5) is 25.5. The summed E-state index contributed by atoms with van der Waals surface area (Å²) in [6.07, 6.45) is 0.617. The summed E-state index contributed by atoms with van der Waals surface area (Å²) in [5, 5.41) is 0. The molecule has 1 amide bonds. The minimum atomic E-state index is 0.0201. The monoisotopic (exact) mass is 289 g/mol. The largest absolute Gasteiger partial charge is 0.496 e. The van der Waals surface area contributed by atoms with Gasteiger partial charge in [0, 0.05) is 30.6 Å². The van der Waals surface area contributed by atoms with Crippen molar-refractivity contribution in [2.24, 2.45) is 11.8 Å². The van der Waals surface area contributed by atoms with Crippen LogP contribution in [0.4, 0.5) is 0 Å². The molecule has 0 aromatic heterocycles. The molecule has 4 nitrogen and oxygen atoms in total. The number of ether oxygens (including phenoxy) is 1. The minimum absolute atomic E-state index is 0.0201. The maximum absolute atomic E-state index is 12.1. The van der Waals surface area contributed by atoms with E-state index in [-0.39, 0.29) is 11.7 Å². The van der Waals surface area contributed by atoms with Crippen LogP contribution in [0.2, 0.25) is 0 Å². The predicted molar refractivity (Wildman–Crippen MR) is 81.4 cm³/mol. The zero-order valence-corrected chi connectivity index (χ0v) is 13.2. The van der Waals surface area contributed by atoms with Gasteiger partial charge in [0.05, 0.1) is 7.11 Å². The van der Waals surface area contributed by atoms with Crippen LogP contribution in [0, 0.1) is 11.8 Å². The smallest absolute Gasteiger partial charge is 0.223 e. The first-order valence-corrected chi connectivity index (χ1v) is 7.38. The molecule has 1 aromatic rings. The van der Waals surface area contributed by atoms with Crippen LogP contribution in [0.5, 0.6) is 5.75 Å². The highest BCUT2D eigenvalue weighted by molar-refractivity contribution is 5.94. The van der Waals surface area contributed by atoms with E-state index in [2.05, 4.69) is 13.8 Å². The van der Waals surface area contributed by atoms with Crippen molar-refractivity contribution < 1.29 is 14.3 Å². The van der Waals surface area contributed by atoms with E-state index in [0.29, 0.717) is 30.4 Å². The molecule has 1 aliphatic heterocycles. The Kier molecular flexibility index (Phi) is 4.66. The lowest BCUT2D eigenvalue weighted by atomic mass is 9.95. The van der Waals surface area contributed by atoms with Gasteiger partial charge in [-0.1, -0.05) is 13.8 Å². The van der Waals surface area contributed by atoms with Gasteiger partial charge in [-0.2, -0.15) is 0 Å². The molecular weight excluding hydrogens is 266 g/mol. The first-order chi connectivity index (χ1) is 9.92. The van der Waals surface area contributed by atoms with E-state index in [1.165, 1.54) is 0 Å². The molecule has 0 aliphatic carbocycles. The maximum atomic E-state index is 12.1. The van der Waals surface area contributed by atoms with Crippen molar-refractivity contribution in [1.29, 1.82) is 0 Å². The van der Waals surface area contributed by atoms with Crippen LogP contribution in [-0.4, -0.2) is 30.2 Å². The van der Waals surface area contributed by atoms with Crippen molar-refractivity contribution in [3.8, 4) is 5.75 Å². The number of rotatable bonds is 5. The molecule has 1 fully saturated rings. The second kappa shape index (κ2) is 6.29. The van der Waals surface area contributed by atoms with Gasteiger partial charge in [-0.25, -0.2) is 0 Å².